The van der Waals surface area contributed by atoms with Crippen molar-refractivity contribution >= 4 is 12.3 Å². The highest BCUT2D eigenvalue weighted by Crippen LogP contribution is 2.10. The number of ether oxygens (including phenoxy) is 1. The molecule has 0 aliphatic rings. The van der Waals surface area contributed by atoms with Gasteiger partial charge in [0.25, 0.3) is 0 Å². The zero-order valence-electron chi connectivity index (χ0n) is 8.95. The van der Waals surface area contributed by atoms with Crippen LogP contribution in [0.2, 0.25) is 0 Å². The Balaban J connectivity index is 3.76. The second-order valence-electron chi connectivity index (χ2n) is 4.19. The fourth-order valence-electron chi connectivity index (χ4n) is 0.938. The molecule has 0 aliphatic heterocycles. The molecule has 0 aromatic carbocycles. The summed E-state index contributed by atoms with van der Waals surface area (Å²) in [7, 11) is 0. The monoisotopic (exact) mass is 202 g/mol. The average molecular weight is 202 g/mol. The van der Waals surface area contributed by atoms with Crippen LogP contribution in [0.5, 0.6) is 0 Å². The molecular weight excluding hydrogens is 184 g/mol. The van der Waals surface area contributed by atoms with Crippen LogP contribution in [0.1, 0.15) is 40.0 Å². The van der Waals surface area contributed by atoms with E-state index in [-0.39, 0.29) is 12.8 Å². The molecule has 1 N–H and O–H groups in total. The minimum Gasteiger partial charge on any atom is -0.460 e. The zero-order valence-corrected chi connectivity index (χ0v) is 8.95. The van der Waals surface area contributed by atoms with Crippen LogP contribution in [0.3, 0.4) is 0 Å². The molecule has 0 bridgehead atoms. The standard InChI is InChI=1S/C10H18O4/c1-10(2,3)14-9(13)7-8(12)5-4-6-11/h6,8,12H,4-5,7H2,1-3H3. The van der Waals surface area contributed by atoms with Crippen molar-refractivity contribution in [2.45, 2.75) is 51.7 Å². The molecule has 0 radical (unpaired) electrons. The van der Waals surface area contributed by atoms with Gasteiger partial charge in [-0.1, -0.05) is 0 Å². The molecule has 0 rings (SSSR count). The predicted molar refractivity (Wildman–Crippen MR) is 51.8 cm³/mol. The fourth-order valence-corrected chi connectivity index (χ4v) is 0.938. The van der Waals surface area contributed by atoms with Crippen LogP contribution in [-0.4, -0.2) is 29.1 Å². The van der Waals surface area contributed by atoms with E-state index in [2.05, 4.69) is 0 Å². The second-order valence-corrected chi connectivity index (χ2v) is 4.19. The summed E-state index contributed by atoms with van der Waals surface area (Å²) in [5.41, 5.74) is -0.526. The van der Waals surface area contributed by atoms with Gasteiger partial charge in [0.1, 0.15) is 11.9 Å². The summed E-state index contributed by atoms with van der Waals surface area (Å²) in [6.07, 6.45) is 0.464. The molecule has 14 heavy (non-hydrogen) atoms. The van der Waals surface area contributed by atoms with Crippen molar-refractivity contribution in [3.8, 4) is 0 Å². The smallest absolute Gasteiger partial charge is 0.308 e. The van der Waals surface area contributed by atoms with Crippen LogP contribution in [0.4, 0.5) is 0 Å². The topological polar surface area (TPSA) is 63.6 Å². The molecule has 0 saturated heterocycles. The Morgan fingerprint density at radius 2 is 2.07 bits per heavy atom. The quantitative estimate of drug-likeness (QED) is 0.535. The second kappa shape index (κ2) is 5.75. The van der Waals surface area contributed by atoms with E-state index in [1.165, 1.54) is 0 Å². The van der Waals surface area contributed by atoms with Crippen molar-refractivity contribution < 1.29 is 19.4 Å². The largest absolute Gasteiger partial charge is 0.460 e. The van der Waals surface area contributed by atoms with E-state index in [4.69, 9.17) is 4.74 Å². The van der Waals surface area contributed by atoms with Gasteiger partial charge < -0.3 is 14.6 Å². The third-order valence-electron chi connectivity index (χ3n) is 1.44. The first-order valence-corrected chi connectivity index (χ1v) is 4.68. The number of aldehydes is 1. The summed E-state index contributed by atoms with van der Waals surface area (Å²) in [4.78, 5) is 21.2. The van der Waals surface area contributed by atoms with Crippen LogP contribution >= 0.6 is 0 Å². The van der Waals surface area contributed by atoms with Gasteiger partial charge in [-0.3, -0.25) is 4.79 Å². The molecule has 0 aliphatic carbocycles. The first kappa shape index (κ1) is 13.1. The molecule has 4 nitrogen and oxygen atoms in total. The van der Waals surface area contributed by atoms with Crippen molar-refractivity contribution in [3.63, 3.8) is 0 Å². The van der Waals surface area contributed by atoms with E-state index in [0.717, 1.165) is 6.29 Å². The van der Waals surface area contributed by atoms with Crippen LogP contribution in [0.15, 0.2) is 0 Å². The zero-order chi connectivity index (χ0) is 11.2. The number of aliphatic hydroxyl groups is 1. The number of hydrogen-bond donors (Lipinski definition) is 1. The maximum absolute atomic E-state index is 11.2. The molecule has 1 unspecified atom stereocenters. The van der Waals surface area contributed by atoms with Crippen molar-refractivity contribution in [2.24, 2.45) is 0 Å². The molecule has 0 aromatic heterocycles. The summed E-state index contributed by atoms with van der Waals surface area (Å²) in [5.74, 6) is -0.434. The molecule has 0 heterocycles. The average Bonchev–Trinajstić information content (AvgIpc) is 1.96. The van der Waals surface area contributed by atoms with E-state index < -0.39 is 17.7 Å². The lowest BCUT2D eigenvalue weighted by Crippen LogP contribution is -2.26. The summed E-state index contributed by atoms with van der Waals surface area (Å²) in [5, 5.41) is 9.29. The van der Waals surface area contributed by atoms with E-state index in [0.29, 0.717) is 6.42 Å². The van der Waals surface area contributed by atoms with Gasteiger partial charge in [0.2, 0.25) is 0 Å². The number of hydrogen-bond acceptors (Lipinski definition) is 4. The Bertz CT molecular complexity index is 193. The van der Waals surface area contributed by atoms with Gasteiger partial charge in [-0.15, -0.1) is 0 Å². The van der Waals surface area contributed by atoms with Crippen molar-refractivity contribution in [1.29, 1.82) is 0 Å². The number of aliphatic hydroxyl groups excluding tert-OH is 1. The van der Waals surface area contributed by atoms with Crippen LogP contribution in [0.25, 0.3) is 0 Å². The summed E-state index contributed by atoms with van der Waals surface area (Å²) >= 11 is 0. The SMILES string of the molecule is CC(C)(C)OC(=O)CC(O)CCC=O. The molecule has 0 spiro atoms. The third-order valence-corrected chi connectivity index (χ3v) is 1.44. The highest BCUT2D eigenvalue weighted by molar-refractivity contribution is 5.70. The Labute approximate surface area is 84.3 Å². The number of rotatable bonds is 5. The fraction of sp³-hybridized carbons (Fsp3) is 0.800. The van der Waals surface area contributed by atoms with Crippen molar-refractivity contribution in [2.75, 3.05) is 0 Å². The van der Waals surface area contributed by atoms with Crippen LogP contribution in [-0.2, 0) is 14.3 Å². The highest BCUT2D eigenvalue weighted by atomic mass is 16.6. The molecule has 4 heteroatoms. The number of carbonyl (C=O) groups excluding carboxylic acids is 2. The molecule has 0 amide bonds. The molecule has 1 atom stereocenters. The molecule has 82 valence electrons. The lowest BCUT2D eigenvalue weighted by molar-refractivity contribution is -0.157. The Morgan fingerprint density at radius 1 is 1.50 bits per heavy atom. The maximum atomic E-state index is 11.2. The predicted octanol–water partition coefficient (Wildman–Crippen LogP) is 1.06. The van der Waals surface area contributed by atoms with E-state index in [9.17, 15) is 14.7 Å². The van der Waals surface area contributed by atoms with Gasteiger partial charge in [-0.25, -0.2) is 0 Å². The molecule has 0 fully saturated rings. The van der Waals surface area contributed by atoms with Crippen molar-refractivity contribution in [3.05, 3.63) is 0 Å². The normalized spacial score (nSPS) is 13.4. The minimum absolute atomic E-state index is 0.0505. The van der Waals surface area contributed by atoms with E-state index in [1.54, 1.807) is 20.8 Å². The molecule has 0 saturated carbocycles. The third kappa shape index (κ3) is 7.73. The Hall–Kier alpha value is -0.900. The van der Waals surface area contributed by atoms with Gasteiger partial charge in [0, 0.05) is 6.42 Å². The van der Waals surface area contributed by atoms with Gasteiger partial charge in [0.15, 0.2) is 0 Å². The summed E-state index contributed by atoms with van der Waals surface area (Å²) in [6.45, 7) is 5.30. The lowest BCUT2D eigenvalue weighted by Gasteiger charge is -2.20. The van der Waals surface area contributed by atoms with Gasteiger partial charge in [-0.2, -0.15) is 0 Å². The number of esters is 1. The van der Waals surface area contributed by atoms with Gasteiger partial charge in [0.05, 0.1) is 12.5 Å². The number of carbonyl (C=O) groups is 2. The van der Waals surface area contributed by atoms with Crippen LogP contribution < -0.4 is 0 Å². The molecule has 0 aromatic rings. The van der Waals surface area contributed by atoms with Crippen LogP contribution in [0, 0.1) is 0 Å². The Morgan fingerprint density at radius 3 is 2.50 bits per heavy atom. The maximum Gasteiger partial charge on any atom is 0.308 e. The van der Waals surface area contributed by atoms with Crippen molar-refractivity contribution in [1.82, 2.24) is 0 Å². The van der Waals surface area contributed by atoms with E-state index in [1.807, 2.05) is 0 Å². The first-order chi connectivity index (χ1) is 6.35. The summed E-state index contributed by atoms with van der Waals surface area (Å²) in [6, 6.07) is 0. The Kier molecular flexibility index (Phi) is 5.38. The van der Waals surface area contributed by atoms with E-state index >= 15 is 0 Å². The minimum atomic E-state index is -0.782. The lowest BCUT2D eigenvalue weighted by atomic mass is 10.1. The van der Waals surface area contributed by atoms with Gasteiger partial charge in [-0.05, 0) is 27.2 Å². The van der Waals surface area contributed by atoms with Gasteiger partial charge >= 0.3 is 5.97 Å². The first-order valence-electron chi connectivity index (χ1n) is 4.68. The highest BCUT2D eigenvalue weighted by Gasteiger charge is 2.18. The molecular formula is C10H18O4. The summed E-state index contributed by atoms with van der Waals surface area (Å²) < 4.78 is 5.00.